The molecule has 0 atom stereocenters. The summed E-state index contributed by atoms with van der Waals surface area (Å²) in [5.41, 5.74) is 1.87. The van der Waals surface area contributed by atoms with Gasteiger partial charge in [-0.05, 0) is 42.1 Å². The van der Waals surface area contributed by atoms with E-state index in [0.29, 0.717) is 17.8 Å². The van der Waals surface area contributed by atoms with Crippen LogP contribution in [0.15, 0.2) is 35.7 Å². The van der Waals surface area contributed by atoms with E-state index in [1.54, 1.807) is 35.6 Å². The smallest absolute Gasteiger partial charge is 0.251 e. The first-order chi connectivity index (χ1) is 10.8. The van der Waals surface area contributed by atoms with Crippen LogP contribution >= 0.6 is 11.3 Å². The zero-order valence-corrected chi connectivity index (χ0v) is 14.7. The normalized spacial score (nSPS) is 11.1. The van der Waals surface area contributed by atoms with Crippen LogP contribution in [0.25, 0.3) is 0 Å². The molecule has 122 valence electrons. The van der Waals surface area contributed by atoms with Crippen LogP contribution in [0.3, 0.4) is 0 Å². The van der Waals surface area contributed by atoms with Crippen molar-refractivity contribution in [2.45, 2.75) is 34.2 Å². The lowest BCUT2D eigenvalue weighted by Crippen LogP contribution is -2.28. The van der Waals surface area contributed by atoms with Gasteiger partial charge in [0.15, 0.2) is 0 Å². The number of aryl methyl sites for hydroxylation is 1. The van der Waals surface area contributed by atoms with E-state index in [1.165, 1.54) is 5.56 Å². The first kappa shape index (κ1) is 17.2. The number of benzene rings is 1. The highest BCUT2D eigenvalue weighted by molar-refractivity contribution is 7.10. The zero-order valence-electron chi connectivity index (χ0n) is 13.9. The lowest BCUT2D eigenvalue weighted by molar-refractivity contribution is -0.123. The van der Waals surface area contributed by atoms with Gasteiger partial charge >= 0.3 is 0 Å². The van der Waals surface area contributed by atoms with Crippen LogP contribution in [-0.2, 0) is 11.3 Å². The van der Waals surface area contributed by atoms with E-state index in [9.17, 15) is 9.59 Å². The predicted octanol–water partition coefficient (Wildman–Crippen LogP) is 3.97. The third kappa shape index (κ3) is 4.66. The molecule has 5 heteroatoms. The molecule has 0 saturated carbocycles. The summed E-state index contributed by atoms with van der Waals surface area (Å²) in [5, 5.41) is 7.76. The van der Waals surface area contributed by atoms with Crippen molar-refractivity contribution in [1.82, 2.24) is 5.32 Å². The summed E-state index contributed by atoms with van der Waals surface area (Å²) < 4.78 is 0. The van der Waals surface area contributed by atoms with Crippen LogP contribution in [0, 0.1) is 12.3 Å². The average molecular weight is 330 g/mol. The standard InChI is InChI=1S/C18H22N2O2S/c1-12-8-9-23-15(12)11-19-16(21)13-6-5-7-14(10-13)20-17(22)18(2,3)4/h5-10H,11H2,1-4H3,(H,19,21)(H,20,22). The highest BCUT2D eigenvalue weighted by atomic mass is 32.1. The Hall–Kier alpha value is -2.14. The Morgan fingerprint density at radius 2 is 1.91 bits per heavy atom. The van der Waals surface area contributed by atoms with Crippen LogP contribution in [0.4, 0.5) is 5.69 Å². The van der Waals surface area contributed by atoms with Gasteiger partial charge in [0, 0.05) is 21.5 Å². The average Bonchev–Trinajstić information content (AvgIpc) is 2.89. The maximum Gasteiger partial charge on any atom is 0.251 e. The molecule has 0 unspecified atom stereocenters. The topological polar surface area (TPSA) is 58.2 Å². The van der Waals surface area contributed by atoms with E-state index in [-0.39, 0.29) is 11.8 Å². The number of hydrogen-bond acceptors (Lipinski definition) is 3. The minimum absolute atomic E-state index is 0.0794. The molecule has 2 rings (SSSR count). The Morgan fingerprint density at radius 3 is 2.52 bits per heavy atom. The van der Waals surface area contributed by atoms with Gasteiger partial charge in [-0.15, -0.1) is 11.3 Å². The molecule has 2 aromatic rings. The minimum Gasteiger partial charge on any atom is -0.347 e. The third-order valence-corrected chi connectivity index (χ3v) is 4.46. The van der Waals surface area contributed by atoms with Gasteiger partial charge < -0.3 is 10.6 Å². The van der Waals surface area contributed by atoms with Crippen molar-refractivity contribution in [2.75, 3.05) is 5.32 Å². The Labute approximate surface area is 140 Å². The largest absolute Gasteiger partial charge is 0.347 e. The van der Waals surface area contributed by atoms with Gasteiger partial charge in [0.25, 0.3) is 5.91 Å². The molecular weight excluding hydrogens is 308 g/mol. The van der Waals surface area contributed by atoms with Crippen molar-refractivity contribution in [1.29, 1.82) is 0 Å². The lowest BCUT2D eigenvalue weighted by Gasteiger charge is -2.18. The molecule has 23 heavy (non-hydrogen) atoms. The quantitative estimate of drug-likeness (QED) is 0.891. The molecule has 0 radical (unpaired) electrons. The van der Waals surface area contributed by atoms with Crippen LogP contribution < -0.4 is 10.6 Å². The minimum atomic E-state index is -0.477. The third-order valence-electron chi connectivity index (χ3n) is 3.44. The monoisotopic (exact) mass is 330 g/mol. The fourth-order valence-electron chi connectivity index (χ4n) is 1.90. The molecule has 1 heterocycles. The van der Waals surface area contributed by atoms with E-state index < -0.39 is 5.41 Å². The molecule has 1 aromatic heterocycles. The lowest BCUT2D eigenvalue weighted by atomic mass is 9.95. The molecule has 2 N–H and O–H groups in total. The number of rotatable bonds is 4. The summed E-state index contributed by atoms with van der Waals surface area (Å²) in [7, 11) is 0. The highest BCUT2D eigenvalue weighted by Crippen LogP contribution is 2.19. The number of nitrogens with one attached hydrogen (secondary N) is 2. The van der Waals surface area contributed by atoms with Crippen molar-refractivity contribution < 1.29 is 9.59 Å². The Balaban J connectivity index is 2.02. The number of thiophene rings is 1. The van der Waals surface area contributed by atoms with Gasteiger partial charge in [-0.1, -0.05) is 26.8 Å². The van der Waals surface area contributed by atoms with Crippen molar-refractivity contribution in [3.05, 3.63) is 51.7 Å². The van der Waals surface area contributed by atoms with E-state index in [4.69, 9.17) is 0 Å². The second-order valence-corrected chi connectivity index (χ2v) is 7.50. The van der Waals surface area contributed by atoms with E-state index >= 15 is 0 Å². The van der Waals surface area contributed by atoms with Gasteiger partial charge in [-0.25, -0.2) is 0 Å². The maximum atomic E-state index is 12.3. The maximum absolute atomic E-state index is 12.3. The number of carbonyl (C=O) groups excluding carboxylic acids is 2. The SMILES string of the molecule is Cc1ccsc1CNC(=O)c1cccc(NC(=O)C(C)(C)C)c1. The van der Waals surface area contributed by atoms with Crippen molar-refractivity contribution in [3.63, 3.8) is 0 Å². The van der Waals surface area contributed by atoms with Crippen LogP contribution in [0.2, 0.25) is 0 Å². The van der Waals surface area contributed by atoms with Crippen LogP contribution in [-0.4, -0.2) is 11.8 Å². The molecule has 0 spiro atoms. The van der Waals surface area contributed by atoms with Gasteiger partial charge in [0.05, 0.1) is 6.54 Å². The predicted molar refractivity (Wildman–Crippen MR) is 94.8 cm³/mol. The molecule has 0 bridgehead atoms. The Morgan fingerprint density at radius 1 is 1.17 bits per heavy atom. The van der Waals surface area contributed by atoms with E-state index in [2.05, 4.69) is 10.6 Å². The van der Waals surface area contributed by atoms with Gasteiger partial charge in [-0.3, -0.25) is 9.59 Å². The molecule has 4 nitrogen and oxygen atoms in total. The number of anilines is 1. The number of amides is 2. The molecule has 0 fully saturated rings. The van der Waals surface area contributed by atoms with Gasteiger partial charge in [0.1, 0.15) is 0 Å². The Bertz CT molecular complexity index is 714. The molecule has 0 saturated heterocycles. The molecule has 0 aliphatic rings. The van der Waals surface area contributed by atoms with Crippen LogP contribution in [0.5, 0.6) is 0 Å². The number of carbonyl (C=O) groups is 2. The second-order valence-electron chi connectivity index (χ2n) is 6.49. The molecule has 0 aliphatic carbocycles. The van der Waals surface area contributed by atoms with Crippen molar-refractivity contribution in [3.8, 4) is 0 Å². The summed E-state index contributed by atoms with van der Waals surface area (Å²) >= 11 is 1.63. The molecule has 0 aliphatic heterocycles. The fourth-order valence-corrected chi connectivity index (χ4v) is 2.75. The van der Waals surface area contributed by atoms with Crippen molar-refractivity contribution in [2.24, 2.45) is 5.41 Å². The van der Waals surface area contributed by atoms with E-state index in [1.807, 2.05) is 39.1 Å². The second kappa shape index (κ2) is 6.96. The summed E-state index contributed by atoms with van der Waals surface area (Å²) in [6.07, 6.45) is 0. The summed E-state index contributed by atoms with van der Waals surface area (Å²) in [6, 6.07) is 9.02. The first-order valence-electron chi connectivity index (χ1n) is 7.50. The number of hydrogen-bond donors (Lipinski definition) is 2. The fraction of sp³-hybridized carbons (Fsp3) is 0.333. The molecule has 2 amide bonds. The summed E-state index contributed by atoms with van der Waals surface area (Å²) in [4.78, 5) is 25.4. The first-order valence-corrected chi connectivity index (χ1v) is 8.38. The van der Waals surface area contributed by atoms with Gasteiger partial charge in [0.2, 0.25) is 5.91 Å². The Kier molecular flexibility index (Phi) is 5.21. The zero-order chi connectivity index (χ0) is 17.0. The van der Waals surface area contributed by atoms with Crippen molar-refractivity contribution >= 4 is 28.8 Å². The van der Waals surface area contributed by atoms with Gasteiger partial charge in [-0.2, -0.15) is 0 Å². The summed E-state index contributed by atoms with van der Waals surface area (Å²) in [5.74, 6) is -0.228. The van der Waals surface area contributed by atoms with E-state index in [0.717, 1.165) is 4.88 Å². The summed E-state index contributed by atoms with van der Waals surface area (Å²) in [6.45, 7) is 8.09. The van der Waals surface area contributed by atoms with Crippen LogP contribution in [0.1, 0.15) is 41.6 Å². The molecule has 1 aromatic carbocycles. The molecular formula is C18H22N2O2S. The highest BCUT2D eigenvalue weighted by Gasteiger charge is 2.21.